The number of hydrogen-bond donors (Lipinski definition) is 0. The predicted molar refractivity (Wildman–Crippen MR) is 147 cm³/mol. The molecule has 5 nitrogen and oxygen atoms in total. The summed E-state index contributed by atoms with van der Waals surface area (Å²) in [5.41, 5.74) is 4.61. The van der Waals surface area contributed by atoms with Gasteiger partial charge in [-0.05, 0) is 104 Å². The molecule has 0 saturated carbocycles. The zero-order valence-electron chi connectivity index (χ0n) is 22.3. The Morgan fingerprint density at radius 1 is 0.675 bits per heavy atom. The first kappa shape index (κ1) is 25.7. The molecule has 0 amide bonds. The minimum atomic E-state index is -4.55. The first-order valence-electron chi connectivity index (χ1n) is 12.8. The normalized spacial score (nSPS) is 12.8. The average molecular weight is 543 g/mol. The quantitative estimate of drug-likeness (QED) is 0.217. The standard InChI is InChI=1S/C32H25F3N2O3/c1-17-5-9-22(10-6-17)39-23-11-7-21(8-12-23)31-37-27-16-25(19(3)14-29(27)40-31)30(32(33,34)35)24-15-26-28(13-18(24)2)38-20(4)36-26/h5-16,30H,1-4H3. The number of nitrogens with zero attached hydrogens (tertiary/aromatic N) is 2. The van der Waals surface area contributed by atoms with Gasteiger partial charge in [-0.25, -0.2) is 9.97 Å². The van der Waals surface area contributed by atoms with Gasteiger partial charge in [0, 0.05) is 12.5 Å². The number of aromatic nitrogens is 2. The lowest BCUT2D eigenvalue weighted by Crippen LogP contribution is -2.23. The largest absolute Gasteiger partial charge is 0.457 e. The lowest BCUT2D eigenvalue weighted by Gasteiger charge is -2.24. The summed E-state index contributed by atoms with van der Waals surface area (Å²) in [6.07, 6.45) is -4.55. The number of ether oxygens (including phenoxy) is 1. The Bertz CT molecular complexity index is 1850. The molecule has 40 heavy (non-hydrogen) atoms. The molecule has 0 radical (unpaired) electrons. The van der Waals surface area contributed by atoms with Crippen LogP contribution in [0.3, 0.4) is 0 Å². The van der Waals surface area contributed by atoms with Crippen molar-refractivity contribution in [1.82, 2.24) is 9.97 Å². The predicted octanol–water partition coefficient (Wildman–Crippen LogP) is 9.36. The highest BCUT2D eigenvalue weighted by Gasteiger charge is 2.44. The summed E-state index contributed by atoms with van der Waals surface area (Å²) in [7, 11) is 0. The van der Waals surface area contributed by atoms with Crippen LogP contribution in [0.5, 0.6) is 11.5 Å². The van der Waals surface area contributed by atoms with Crippen LogP contribution < -0.4 is 4.74 Å². The Hall–Kier alpha value is -4.59. The molecule has 0 saturated heterocycles. The molecular weight excluding hydrogens is 517 g/mol. The molecule has 6 aromatic rings. The van der Waals surface area contributed by atoms with Crippen LogP contribution in [0.15, 0.2) is 81.6 Å². The molecule has 0 aliphatic heterocycles. The van der Waals surface area contributed by atoms with Gasteiger partial charge >= 0.3 is 6.18 Å². The van der Waals surface area contributed by atoms with E-state index in [0.29, 0.717) is 56.4 Å². The Morgan fingerprint density at radius 3 is 1.77 bits per heavy atom. The van der Waals surface area contributed by atoms with Crippen LogP contribution in [-0.2, 0) is 0 Å². The fraction of sp³-hybridized carbons (Fsp3) is 0.188. The molecule has 202 valence electrons. The van der Waals surface area contributed by atoms with Gasteiger partial charge in [-0.3, -0.25) is 0 Å². The van der Waals surface area contributed by atoms with Crippen LogP contribution >= 0.6 is 0 Å². The summed E-state index contributed by atoms with van der Waals surface area (Å²) in [5, 5.41) is 0. The summed E-state index contributed by atoms with van der Waals surface area (Å²) < 4.78 is 61.3. The molecule has 2 heterocycles. The molecule has 1 unspecified atom stereocenters. The Balaban J connectivity index is 1.36. The van der Waals surface area contributed by atoms with E-state index in [9.17, 15) is 13.2 Å². The molecular formula is C32H25F3N2O3. The van der Waals surface area contributed by atoms with Crippen molar-refractivity contribution in [3.05, 3.63) is 107 Å². The highest BCUT2D eigenvalue weighted by molar-refractivity contribution is 5.79. The topological polar surface area (TPSA) is 61.3 Å². The van der Waals surface area contributed by atoms with Crippen molar-refractivity contribution in [1.29, 1.82) is 0 Å². The van der Waals surface area contributed by atoms with Crippen LogP contribution in [-0.4, -0.2) is 16.1 Å². The lowest BCUT2D eigenvalue weighted by atomic mass is 9.85. The fourth-order valence-corrected chi connectivity index (χ4v) is 4.97. The lowest BCUT2D eigenvalue weighted by molar-refractivity contribution is -0.141. The van der Waals surface area contributed by atoms with Gasteiger partial charge in [-0.2, -0.15) is 13.2 Å². The van der Waals surface area contributed by atoms with E-state index in [0.717, 1.165) is 11.3 Å². The van der Waals surface area contributed by atoms with Gasteiger partial charge in [0.05, 0.1) is 0 Å². The minimum absolute atomic E-state index is 0.115. The number of benzene rings is 4. The molecule has 4 aromatic carbocycles. The summed E-state index contributed by atoms with van der Waals surface area (Å²) >= 11 is 0. The van der Waals surface area contributed by atoms with Gasteiger partial charge in [-0.15, -0.1) is 0 Å². The van der Waals surface area contributed by atoms with Crippen molar-refractivity contribution < 1.29 is 26.7 Å². The Labute approximate surface area is 228 Å². The van der Waals surface area contributed by atoms with Gasteiger partial charge < -0.3 is 13.6 Å². The molecule has 0 bridgehead atoms. The van der Waals surface area contributed by atoms with Gasteiger partial charge in [0.2, 0.25) is 5.89 Å². The maximum absolute atomic E-state index is 14.6. The number of alkyl halides is 3. The smallest absolute Gasteiger partial charge is 0.399 e. The molecule has 6 rings (SSSR count). The third-order valence-electron chi connectivity index (χ3n) is 6.97. The van der Waals surface area contributed by atoms with E-state index in [1.807, 2.05) is 31.2 Å². The van der Waals surface area contributed by atoms with Crippen LogP contribution in [0.4, 0.5) is 13.2 Å². The number of hydrogen-bond acceptors (Lipinski definition) is 5. The minimum Gasteiger partial charge on any atom is -0.457 e. The summed E-state index contributed by atoms with van der Waals surface area (Å²) in [6, 6.07) is 21.1. The van der Waals surface area contributed by atoms with E-state index in [4.69, 9.17) is 13.6 Å². The van der Waals surface area contributed by atoms with E-state index in [1.54, 1.807) is 57.2 Å². The van der Waals surface area contributed by atoms with Crippen LogP contribution in [0.2, 0.25) is 0 Å². The first-order valence-corrected chi connectivity index (χ1v) is 12.8. The monoisotopic (exact) mass is 542 g/mol. The SMILES string of the molecule is Cc1ccc(Oc2ccc(-c3nc4cc(C(c5cc6nc(C)oc6cc5C)C(F)(F)F)c(C)cc4o3)cc2)cc1. The molecule has 1 atom stereocenters. The van der Waals surface area contributed by atoms with E-state index in [1.165, 1.54) is 12.1 Å². The number of aryl methyl sites for hydroxylation is 4. The summed E-state index contributed by atoms with van der Waals surface area (Å²) in [6.45, 7) is 6.98. The van der Waals surface area contributed by atoms with Gasteiger partial charge in [0.15, 0.2) is 17.1 Å². The zero-order chi connectivity index (χ0) is 28.2. The van der Waals surface area contributed by atoms with E-state index in [-0.39, 0.29) is 11.1 Å². The van der Waals surface area contributed by atoms with Crippen molar-refractivity contribution in [2.75, 3.05) is 0 Å². The maximum Gasteiger partial charge on any atom is 0.399 e. The number of oxazole rings is 2. The highest BCUT2D eigenvalue weighted by Crippen LogP contribution is 2.44. The molecule has 8 heteroatoms. The van der Waals surface area contributed by atoms with Crippen molar-refractivity contribution in [2.45, 2.75) is 39.8 Å². The van der Waals surface area contributed by atoms with Crippen LogP contribution in [0.1, 0.15) is 39.6 Å². The second-order valence-electron chi connectivity index (χ2n) is 10.0. The van der Waals surface area contributed by atoms with Crippen LogP contribution in [0.25, 0.3) is 33.7 Å². The molecule has 0 aliphatic carbocycles. The third kappa shape index (κ3) is 4.81. The Morgan fingerprint density at radius 2 is 1.20 bits per heavy atom. The molecule has 2 aromatic heterocycles. The molecule has 0 N–H and O–H groups in total. The van der Waals surface area contributed by atoms with Crippen molar-refractivity contribution in [3.8, 4) is 23.0 Å². The number of rotatable bonds is 5. The first-order chi connectivity index (χ1) is 19.0. The molecule has 0 spiro atoms. The fourth-order valence-electron chi connectivity index (χ4n) is 4.97. The number of fused-ring (bicyclic) bond motifs is 2. The molecule has 0 aliphatic rings. The summed E-state index contributed by atoms with van der Waals surface area (Å²) in [5.74, 6) is 0.210. The Kier molecular flexibility index (Phi) is 6.13. The van der Waals surface area contributed by atoms with Crippen molar-refractivity contribution in [3.63, 3.8) is 0 Å². The molecule has 0 fully saturated rings. The highest BCUT2D eigenvalue weighted by atomic mass is 19.4. The average Bonchev–Trinajstić information content (AvgIpc) is 3.47. The van der Waals surface area contributed by atoms with Gasteiger partial charge in [0.1, 0.15) is 28.5 Å². The summed E-state index contributed by atoms with van der Waals surface area (Å²) in [4.78, 5) is 8.78. The number of halogens is 3. The van der Waals surface area contributed by atoms with Crippen molar-refractivity contribution in [2.24, 2.45) is 0 Å². The van der Waals surface area contributed by atoms with Gasteiger partial charge in [0.25, 0.3) is 0 Å². The van der Waals surface area contributed by atoms with Crippen LogP contribution in [0, 0.1) is 27.7 Å². The van der Waals surface area contributed by atoms with Gasteiger partial charge in [-0.1, -0.05) is 17.7 Å². The maximum atomic E-state index is 14.6. The van der Waals surface area contributed by atoms with E-state index >= 15 is 0 Å². The van der Waals surface area contributed by atoms with E-state index in [2.05, 4.69) is 9.97 Å². The van der Waals surface area contributed by atoms with E-state index < -0.39 is 12.1 Å². The zero-order valence-corrected chi connectivity index (χ0v) is 22.3. The second kappa shape index (κ2) is 9.55. The third-order valence-corrected chi connectivity index (χ3v) is 6.97. The second-order valence-corrected chi connectivity index (χ2v) is 10.0. The van der Waals surface area contributed by atoms with Crippen molar-refractivity contribution >= 4 is 22.2 Å².